The molecule has 0 aliphatic heterocycles. The summed E-state index contributed by atoms with van der Waals surface area (Å²) in [6, 6.07) is 15.7. The lowest BCUT2D eigenvalue weighted by molar-refractivity contribution is -0.133. The Balaban J connectivity index is 1.83. The molecule has 0 spiro atoms. The molecule has 2 rings (SSSR count). The van der Waals surface area contributed by atoms with Crippen LogP contribution in [0.2, 0.25) is 0 Å². The number of aryl methyl sites for hydroxylation is 2. The van der Waals surface area contributed by atoms with E-state index < -0.39 is 5.97 Å². The van der Waals surface area contributed by atoms with Crippen LogP contribution in [0.3, 0.4) is 0 Å². The number of aliphatic carboxylic acids is 1. The van der Waals surface area contributed by atoms with Crippen LogP contribution in [0, 0.1) is 6.92 Å². The van der Waals surface area contributed by atoms with Crippen LogP contribution in [-0.4, -0.2) is 22.7 Å². The molecule has 126 valence electrons. The second kappa shape index (κ2) is 9.13. The maximum Gasteiger partial charge on any atom is 0.313 e. The number of carbonyl (C=O) groups is 2. The fourth-order valence-electron chi connectivity index (χ4n) is 2.34. The van der Waals surface area contributed by atoms with Crippen LogP contribution in [0.1, 0.15) is 23.1 Å². The monoisotopic (exact) mass is 343 g/mol. The molecule has 0 radical (unpaired) electrons. The zero-order valence-corrected chi connectivity index (χ0v) is 14.4. The van der Waals surface area contributed by atoms with E-state index in [-0.39, 0.29) is 11.7 Å². The van der Waals surface area contributed by atoms with Crippen LogP contribution in [0.15, 0.2) is 48.5 Å². The smallest absolute Gasteiger partial charge is 0.313 e. The highest BCUT2D eigenvalue weighted by atomic mass is 32.2. The van der Waals surface area contributed by atoms with Crippen LogP contribution in [0.5, 0.6) is 0 Å². The molecule has 2 aromatic rings. The third-order valence-electron chi connectivity index (χ3n) is 3.43. The van der Waals surface area contributed by atoms with Crippen LogP contribution in [0.25, 0.3) is 0 Å². The van der Waals surface area contributed by atoms with E-state index in [0.717, 1.165) is 16.8 Å². The lowest BCUT2D eigenvalue weighted by Gasteiger charge is -2.08. The van der Waals surface area contributed by atoms with Gasteiger partial charge in [-0.25, -0.2) is 0 Å². The highest BCUT2D eigenvalue weighted by Crippen LogP contribution is 2.17. The van der Waals surface area contributed by atoms with E-state index in [1.54, 1.807) is 0 Å². The van der Waals surface area contributed by atoms with Crippen molar-refractivity contribution in [3.63, 3.8) is 0 Å². The fourth-order valence-corrected chi connectivity index (χ4v) is 3.04. The molecule has 0 aliphatic carbocycles. The number of hydrogen-bond acceptors (Lipinski definition) is 3. The number of carbonyl (C=O) groups excluding carboxylic acids is 1. The Labute approximate surface area is 146 Å². The van der Waals surface area contributed by atoms with Crippen LogP contribution >= 0.6 is 11.8 Å². The molecule has 0 aromatic heterocycles. The van der Waals surface area contributed by atoms with Gasteiger partial charge in [0, 0.05) is 17.9 Å². The van der Waals surface area contributed by atoms with E-state index in [9.17, 15) is 9.59 Å². The SMILES string of the molecule is Cc1cccc(CCC(=O)Nc2cccc(CSCC(=O)O)c2)c1. The average Bonchev–Trinajstić information content (AvgIpc) is 2.53. The molecule has 0 saturated heterocycles. The molecule has 0 fully saturated rings. The van der Waals surface area contributed by atoms with Crippen molar-refractivity contribution in [2.45, 2.75) is 25.5 Å². The first kappa shape index (κ1) is 18.1. The number of nitrogens with one attached hydrogen (secondary N) is 1. The van der Waals surface area contributed by atoms with Crippen molar-refractivity contribution in [2.75, 3.05) is 11.1 Å². The van der Waals surface area contributed by atoms with Gasteiger partial charge in [-0.3, -0.25) is 9.59 Å². The van der Waals surface area contributed by atoms with Crippen LogP contribution < -0.4 is 5.32 Å². The van der Waals surface area contributed by atoms with Gasteiger partial charge in [-0.2, -0.15) is 0 Å². The van der Waals surface area contributed by atoms with Gasteiger partial charge in [-0.1, -0.05) is 42.0 Å². The van der Waals surface area contributed by atoms with Crippen LogP contribution in [0.4, 0.5) is 5.69 Å². The van der Waals surface area contributed by atoms with E-state index in [4.69, 9.17) is 5.11 Å². The van der Waals surface area contributed by atoms with E-state index in [0.29, 0.717) is 18.6 Å². The number of rotatable bonds is 8. The Morgan fingerprint density at radius 1 is 1.08 bits per heavy atom. The Hall–Kier alpha value is -2.27. The average molecular weight is 343 g/mol. The molecule has 24 heavy (non-hydrogen) atoms. The Kier molecular flexibility index (Phi) is 6.88. The number of hydrogen-bond donors (Lipinski definition) is 2. The van der Waals surface area contributed by atoms with Crippen molar-refractivity contribution in [2.24, 2.45) is 0 Å². The molecule has 0 saturated carbocycles. The molecular weight excluding hydrogens is 322 g/mol. The molecule has 0 unspecified atom stereocenters. The Morgan fingerprint density at radius 2 is 1.83 bits per heavy atom. The van der Waals surface area contributed by atoms with Crippen molar-refractivity contribution < 1.29 is 14.7 Å². The first-order chi connectivity index (χ1) is 11.5. The third kappa shape index (κ3) is 6.46. The summed E-state index contributed by atoms with van der Waals surface area (Å²) in [5.74, 6) is -0.153. The summed E-state index contributed by atoms with van der Waals surface area (Å²) in [7, 11) is 0. The quantitative estimate of drug-likeness (QED) is 0.763. The zero-order valence-electron chi connectivity index (χ0n) is 13.6. The molecule has 5 heteroatoms. The van der Waals surface area contributed by atoms with Crippen molar-refractivity contribution in [3.8, 4) is 0 Å². The number of benzene rings is 2. The molecule has 1 amide bonds. The number of carboxylic acid groups (broad SMARTS) is 1. The second-order valence-electron chi connectivity index (χ2n) is 5.62. The largest absolute Gasteiger partial charge is 0.481 e. The predicted molar refractivity (Wildman–Crippen MR) is 98.4 cm³/mol. The van der Waals surface area contributed by atoms with Gasteiger partial charge in [0.25, 0.3) is 0 Å². The summed E-state index contributed by atoms with van der Waals surface area (Å²) < 4.78 is 0. The topological polar surface area (TPSA) is 66.4 Å². The second-order valence-corrected chi connectivity index (χ2v) is 6.61. The van der Waals surface area contributed by atoms with Gasteiger partial charge in [0.05, 0.1) is 5.75 Å². The third-order valence-corrected chi connectivity index (χ3v) is 4.42. The van der Waals surface area contributed by atoms with Gasteiger partial charge in [-0.05, 0) is 36.6 Å². The summed E-state index contributed by atoms with van der Waals surface area (Å²) in [5.41, 5.74) is 4.10. The Morgan fingerprint density at radius 3 is 2.58 bits per heavy atom. The number of anilines is 1. The molecule has 0 atom stereocenters. The number of thioether (sulfide) groups is 1. The van der Waals surface area contributed by atoms with E-state index >= 15 is 0 Å². The minimum Gasteiger partial charge on any atom is -0.481 e. The lowest BCUT2D eigenvalue weighted by Crippen LogP contribution is -2.12. The molecule has 0 aliphatic rings. The molecule has 2 aromatic carbocycles. The Bertz CT molecular complexity index is 715. The van der Waals surface area contributed by atoms with Crippen molar-refractivity contribution in [1.29, 1.82) is 0 Å². The van der Waals surface area contributed by atoms with E-state index in [1.165, 1.54) is 17.3 Å². The first-order valence-electron chi connectivity index (χ1n) is 7.77. The summed E-state index contributed by atoms with van der Waals surface area (Å²) in [6.07, 6.45) is 1.14. The van der Waals surface area contributed by atoms with Crippen molar-refractivity contribution >= 4 is 29.3 Å². The van der Waals surface area contributed by atoms with Gasteiger partial charge in [0.15, 0.2) is 0 Å². The highest BCUT2D eigenvalue weighted by Gasteiger charge is 2.05. The molecule has 2 N–H and O–H groups in total. The summed E-state index contributed by atoms with van der Waals surface area (Å²) in [4.78, 5) is 22.6. The van der Waals surface area contributed by atoms with E-state index in [1.807, 2.05) is 49.4 Å². The minimum absolute atomic E-state index is 0.0214. The van der Waals surface area contributed by atoms with Crippen LogP contribution in [-0.2, 0) is 21.8 Å². The predicted octanol–water partition coefficient (Wildman–Crippen LogP) is 3.88. The van der Waals surface area contributed by atoms with Gasteiger partial charge in [-0.15, -0.1) is 11.8 Å². The van der Waals surface area contributed by atoms with E-state index in [2.05, 4.69) is 11.4 Å². The van der Waals surface area contributed by atoms with Crippen molar-refractivity contribution in [3.05, 3.63) is 65.2 Å². The van der Waals surface area contributed by atoms with Crippen molar-refractivity contribution in [1.82, 2.24) is 0 Å². The number of carboxylic acids is 1. The van der Waals surface area contributed by atoms with Gasteiger partial charge in [0.1, 0.15) is 0 Å². The summed E-state index contributed by atoms with van der Waals surface area (Å²) in [5, 5.41) is 11.6. The van der Waals surface area contributed by atoms with Gasteiger partial charge < -0.3 is 10.4 Å². The standard InChI is InChI=1S/C19H21NO3S/c1-14-4-2-5-15(10-14)8-9-18(21)20-17-7-3-6-16(11-17)12-24-13-19(22)23/h2-7,10-11H,8-9,12-13H2,1H3,(H,20,21)(H,22,23). The highest BCUT2D eigenvalue weighted by molar-refractivity contribution is 7.99. The maximum absolute atomic E-state index is 12.1. The zero-order chi connectivity index (χ0) is 17.4. The van der Waals surface area contributed by atoms with Gasteiger partial charge in [0.2, 0.25) is 5.91 Å². The first-order valence-corrected chi connectivity index (χ1v) is 8.92. The molecular formula is C19H21NO3S. The minimum atomic E-state index is -0.819. The lowest BCUT2D eigenvalue weighted by atomic mass is 10.1. The fraction of sp³-hybridized carbons (Fsp3) is 0.263. The summed E-state index contributed by atoms with van der Waals surface area (Å²) >= 11 is 1.34. The molecule has 0 heterocycles. The summed E-state index contributed by atoms with van der Waals surface area (Å²) in [6.45, 7) is 2.04. The normalized spacial score (nSPS) is 10.4. The molecule has 0 bridgehead atoms. The van der Waals surface area contributed by atoms with Gasteiger partial charge >= 0.3 is 5.97 Å². The maximum atomic E-state index is 12.1. The number of amides is 1. The molecule has 4 nitrogen and oxygen atoms in total.